The fourth-order valence-corrected chi connectivity index (χ4v) is 3.69. The number of hydrogen-bond acceptors (Lipinski definition) is 7. The zero-order chi connectivity index (χ0) is 23.7. The molecule has 166 valence electrons. The Labute approximate surface area is 204 Å². The van der Waals surface area contributed by atoms with Crippen LogP contribution in [0.25, 0.3) is 22.6 Å². The fourth-order valence-electron chi connectivity index (χ4n) is 2.90. The highest BCUT2D eigenvalue weighted by Gasteiger charge is 2.17. The van der Waals surface area contributed by atoms with Gasteiger partial charge in [0.2, 0.25) is 5.89 Å². The van der Waals surface area contributed by atoms with E-state index < -0.39 is 10.8 Å². The Morgan fingerprint density at radius 1 is 1.18 bits per heavy atom. The number of phenolic OH excluding ortho intramolecular Hbond substituents is 1. The van der Waals surface area contributed by atoms with Gasteiger partial charge < -0.3 is 14.8 Å². The number of aromatic nitrogens is 1. The van der Waals surface area contributed by atoms with Crippen LogP contribution in [0.2, 0.25) is 5.02 Å². The molecule has 9 nitrogen and oxygen atoms in total. The second kappa shape index (κ2) is 9.14. The first-order chi connectivity index (χ1) is 15.7. The molecule has 0 radical (unpaired) electrons. The van der Waals surface area contributed by atoms with E-state index in [1.54, 1.807) is 30.3 Å². The number of phenols is 1. The lowest BCUT2D eigenvalue weighted by Crippen LogP contribution is -2.34. The number of carbonyl (C=O) groups is 1. The first-order valence-electron chi connectivity index (χ1n) is 9.17. The molecule has 4 aromatic rings. The van der Waals surface area contributed by atoms with Gasteiger partial charge in [0.05, 0.1) is 20.0 Å². The van der Waals surface area contributed by atoms with Crippen molar-refractivity contribution in [2.75, 3.05) is 5.32 Å². The summed E-state index contributed by atoms with van der Waals surface area (Å²) < 4.78 is 6.27. The molecule has 0 spiro atoms. The van der Waals surface area contributed by atoms with Crippen molar-refractivity contribution >= 4 is 73.2 Å². The third-order valence-electron chi connectivity index (χ3n) is 4.47. The number of anilines is 1. The summed E-state index contributed by atoms with van der Waals surface area (Å²) in [5.41, 5.74) is 1.92. The number of aromatic hydroxyl groups is 1. The maximum atomic E-state index is 12.5. The molecule has 0 aliphatic heterocycles. The third-order valence-corrected chi connectivity index (χ3v) is 5.64. The van der Waals surface area contributed by atoms with Gasteiger partial charge in [0.25, 0.3) is 11.6 Å². The number of thiocarbonyl (C=S) groups is 1. The van der Waals surface area contributed by atoms with Crippen LogP contribution in [0.1, 0.15) is 10.4 Å². The quantitative estimate of drug-likeness (QED) is 0.170. The maximum Gasteiger partial charge on any atom is 0.270 e. The molecule has 1 aromatic heterocycles. The van der Waals surface area contributed by atoms with Gasteiger partial charge in [-0.2, -0.15) is 0 Å². The molecular weight excluding hydrogens is 536 g/mol. The van der Waals surface area contributed by atoms with Crippen molar-refractivity contribution in [1.82, 2.24) is 10.3 Å². The molecule has 1 amide bonds. The number of nitro benzene ring substituents is 1. The lowest BCUT2D eigenvalue weighted by molar-refractivity contribution is -0.384. The largest absolute Gasteiger partial charge is 0.507 e. The number of nitro groups is 1. The molecule has 12 heteroatoms. The summed E-state index contributed by atoms with van der Waals surface area (Å²) in [4.78, 5) is 27.2. The number of hydrogen-bond donors (Lipinski definition) is 3. The summed E-state index contributed by atoms with van der Waals surface area (Å²) in [6.45, 7) is 0. The number of oxazole rings is 1. The average Bonchev–Trinajstić information content (AvgIpc) is 3.19. The van der Waals surface area contributed by atoms with Gasteiger partial charge in [0.1, 0.15) is 11.3 Å². The van der Waals surface area contributed by atoms with Gasteiger partial charge in [0, 0.05) is 23.4 Å². The molecule has 0 aliphatic rings. The number of nitrogens with one attached hydrogen (secondary N) is 2. The van der Waals surface area contributed by atoms with Crippen LogP contribution in [0.3, 0.4) is 0 Å². The van der Waals surface area contributed by atoms with Crippen LogP contribution in [0, 0.1) is 10.1 Å². The minimum absolute atomic E-state index is 0.0342. The SMILES string of the molecule is O=C(NC(=S)Nc1ccc2oc(-c3ccc(O)c(Br)c3)nc2c1)c1cc([N+](=O)[O-])ccc1Cl. The van der Waals surface area contributed by atoms with Gasteiger partial charge in [-0.3, -0.25) is 20.2 Å². The van der Waals surface area contributed by atoms with Crippen LogP contribution in [-0.4, -0.2) is 26.0 Å². The van der Waals surface area contributed by atoms with Gasteiger partial charge in [-0.1, -0.05) is 11.6 Å². The van der Waals surface area contributed by atoms with Gasteiger partial charge in [0.15, 0.2) is 10.7 Å². The van der Waals surface area contributed by atoms with E-state index in [4.69, 9.17) is 28.2 Å². The van der Waals surface area contributed by atoms with Crippen LogP contribution in [0.4, 0.5) is 11.4 Å². The van der Waals surface area contributed by atoms with E-state index in [1.807, 2.05) is 0 Å². The topological polar surface area (TPSA) is 131 Å². The highest BCUT2D eigenvalue weighted by molar-refractivity contribution is 9.10. The molecule has 4 rings (SSSR count). The third kappa shape index (κ3) is 4.95. The summed E-state index contributed by atoms with van der Waals surface area (Å²) in [7, 11) is 0. The Hall–Kier alpha value is -3.54. The second-order valence-electron chi connectivity index (χ2n) is 6.70. The normalized spacial score (nSPS) is 10.7. The van der Waals surface area contributed by atoms with Crippen molar-refractivity contribution in [2.24, 2.45) is 0 Å². The number of carbonyl (C=O) groups excluding carboxylic acids is 1. The highest BCUT2D eigenvalue weighted by atomic mass is 79.9. The van der Waals surface area contributed by atoms with Crippen molar-refractivity contribution in [1.29, 1.82) is 0 Å². The summed E-state index contributed by atoms with van der Waals surface area (Å²) in [6, 6.07) is 13.5. The average molecular weight is 548 g/mol. The molecular formula is C21H12BrClN4O5S. The van der Waals surface area contributed by atoms with Gasteiger partial charge in [-0.25, -0.2) is 4.98 Å². The van der Waals surface area contributed by atoms with Crippen molar-refractivity contribution < 1.29 is 19.2 Å². The van der Waals surface area contributed by atoms with Crippen LogP contribution in [0.5, 0.6) is 5.75 Å². The minimum atomic E-state index is -0.691. The molecule has 0 bridgehead atoms. The Bertz CT molecular complexity index is 1440. The van der Waals surface area contributed by atoms with E-state index in [1.165, 1.54) is 18.2 Å². The number of rotatable bonds is 4. The van der Waals surface area contributed by atoms with Gasteiger partial charge in [-0.15, -0.1) is 0 Å². The van der Waals surface area contributed by atoms with E-state index in [9.17, 15) is 20.0 Å². The fraction of sp³-hybridized carbons (Fsp3) is 0. The number of nitrogens with zero attached hydrogens (tertiary/aromatic N) is 2. The molecule has 0 saturated carbocycles. The molecule has 1 heterocycles. The van der Waals surface area contributed by atoms with Crippen molar-refractivity contribution in [2.45, 2.75) is 0 Å². The lowest BCUT2D eigenvalue weighted by Gasteiger charge is -2.10. The standard InChI is InChI=1S/C21H12BrClN4O5S/c22-14-7-10(1-5-17(14)28)20-25-16-8-11(2-6-18(16)32-20)24-21(33)26-19(29)13-9-12(27(30)31)3-4-15(13)23/h1-9,28H,(H2,24,26,29,33). The lowest BCUT2D eigenvalue weighted by atomic mass is 10.2. The molecule has 0 fully saturated rings. The summed E-state index contributed by atoms with van der Waals surface area (Å²) in [5, 5.41) is 25.9. The Balaban J connectivity index is 1.50. The molecule has 3 aromatic carbocycles. The molecule has 0 saturated heterocycles. The molecule has 3 N–H and O–H groups in total. The minimum Gasteiger partial charge on any atom is -0.507 e. The Kier molecular flexibility index (Phi) is 6.27. The van der Waals surface area contributed by atoms with Gasteiger partial charge in [-0.05, 0) is 70.6 Å². The predicted octanol–water partition coefficient (Wildman–Crippen LogP) is 5.65. The number of amides is 1. The predicted molar refractivity (Wildman–Crippen MR) is 131 cm³/mol. The number of halogens is 2. The van der Waals surface area contributed by atoms with Crippen LogP contribution in [0.15, 0.2) is 63.5 Å². The molecule has 0 aliphatic carbocycles. The summed E-state index contributed by atoms with van der Waals surface area (Å²) in [5.74, 6) is -0.230. The van der Waals surface area contributed by atoms with E-state index >= 15 is 0 Å². The molecule has 0 atom stereocenters. The monoisotopic (exact) mass is 546 g/mol. The molecule has 33 heavy (non-hydrogen) atoms. The van der Waals surface area contributed by atoms with E-state index in [2.05, 4.69) is 31.5 Å². The van der Waals surface area contributed by atoms with E-state index in [0.29, 0.717) is 32.7 Å². The van der Waals surface area contributed by atoms with Crippen LogP contribution in [-0.2, 0) is 0 Å². The number of benzene rings is 3. The number of fused-ring (bicyclic) bond motifs is 1. The van der Waals surface area contributed by atoms with Crippen molar-refractivity contribution in [3.63, 3.8) is 0 Å². The van der Waals surface area contributed by atoms with Gasteiger partial charge >= 0.3 is 0 Å². The second-order valence-corrected chi connectivity index (χ2v) is 8.37. The zero-order valence-electron chi connectivity index (χ0n) is 16.3. The van der Waals surface area contributed by atoms with Crippen molar-refractivity contribution in [3.05, 3.63) is 79.8 Å². The van der Waals surface area contributed by atoms with E-state index in [-0.39, 0.29) is 27.1 Å². The van der Waals surface area contributed by atoms with Crippen LogP contribution < -0.4 is 10.6 Å². The molecule has 0 unspecified atom stereocenters. The zero-order valence-corrected chi connectivity index (χ0v) is 19.5. The Morgan fingerprint density at radius 3 is 2.70 bits per heavy atom. The van der Waals surface area contributed by atoms with Crippen LogP contribution >= 0.6 is 39.7 Å². The van der Waals surface area contributed by atoms with Crippen molar-refractivity contribution in [3.8, 4) is 17.2 Å². The summed E-state index contributed by atoms with van der Waals surface area (Å²) in [6.07, 6.45) is 0. The first-order valence-corrected chi connectivity index (χ1v) is 10.7. The smallest absolute Gasteiger partial charge is 0.270 e. The first kappa shape index (κ1) is 22.6. The highest BCUT2D eigenvalue weighted by Crippen LogP contribution is 2.31. The summed E-state index contributed by atoms with van der Waals surface area (Å²) >= 11 is 14.4. The number of non-ortho nitro benzene ring substituents is 1. The maximum absolute atomic E-state index is 12.5. The van der Waals surface area contributed by atoms with E-state index in [0.717, 1.165) is 6.07 Å². The Morgan fingerprint density at radius 2 is 1.97 bits per heavy atom.